The summed E-state index contributed by atoms with van der Waals surface area (Å²) in [6.45, 7) is 0. The van der Waals surface area contributed by atoms with E-state index in [2.05, 4.69) is 16.0 Å². The van der Waals surface area contributed by atoms with Crippen LogP contribution in [0.4, 0.5) is 5.69 Å². The number of hydrogen-bond acceptors (Lipinski definition) is 3. The Morgan fingerprint density at radius 2 is 1.68 bits per heavy atom. The first-order chi connectivity index (χ1) is 13.6. The first-order valence-electron chi connectivity index (χ1n) is 10.6. The van der Waals surface area contributed by atoms with Crippen LogP contribution in [0, 0.1) is 23.7 Å². The Morgan fingerprint density at radius 1 is 1.00 bits per heavy atom. The average Bonchev–Trinajstić information content (AvgIpc) is 2.79. The number of para-hydroxylation sites is 1. The van der Waals surface area contributed by atoms with Crippen molar-refractivity contribution in [1.29, 1.82) is 0 Å². The van der Waals surface area contributed by atoms with Gasteiger partial charge >= 0.3 is 0 Å². The number of benzene rings is 1. The van der Waals surface area contributed by atoms with Gasteiger partial charge in [-0.15, -0.1) is 0 Å². The zero-order valence-corrected chi connectivity index (χ0v) is 15.9. The molecule has 0 aromatic heterocycles. The Kier molecular flexibility index (Phi) is 4.37. The van der Waals surface area contributed by atoms with Crippen molar-refractivity contribution in [3.8, 4) is 0 Å². The minimum Gasteiger partial charge on any atom is -0.353 e. The summed E-state index contributed by atoms with van der Waals surface area (Å²) in [5, 5.41) is 8.84. The molecule has 1 aromatic carbocycles. The van der Waals surface area contributed by atoms with Gasteiger partial charge in [-0.3, -0.25) is 14.4 Å². The van der Waals surface area contributed by atoms with Crippen LogP contribution < -0.4 is 16.0 Å². The van der Waals surface area contributed by atoms with Crippen LogP contribution in [0.5, 0.6) is 0 Å². The average molecular weight is 381 g/mol. The number of amides is 3. The summed E-state index contributed by atoms with van der Waals surface area (Å²) in [4.78, 5) is 37.5. The van der Waals surface area contributed by atoms with Gasteiger partial charge in [0.25, 0.3) is 5.91 Å². The minimum absolute atomic E-state index is 0.00119. The standard InChI is InChI=1S/C22H27N3O3/c26-19(25-20-14-8-12-7-13(10-14)11-15(20)9-12)6-5-18-22(28)23-17-4-2-1-3-16(17)21(27)24-18/h1-4,12-15,18,20H,5-11H2,(H,23,28)(H,24,27)(H,25,26)/t12?,13?,14?,15?,18-,20?/m0/s1. The summed E-state index contributed by atoms with van der Waals surface area (Å²) < 4.78 is 0. The Bertz CT molecular complexity index is 793. The van der Waals surface area contributed by atoms with Crippen LogP contribution in [0.15, 0.2) is 24.3 Å². The molecule has 1 heterocycles. The predicted octanol–water partition coefficient (Wildman–Crippen LogP) is 2.46. The molecule has 28 heavy (non-hydrogen) atoms. The smallest absolute Gasteiger partial charge is 0.254 e. The van der Waals surface area contributed by atoms with Crippen molar-refractivity contribution in [1.82, 2.24) is 10.6 Å². The quantitative estimate of drug-likeness (QED) is 0.749. The second-order valence-electron chi connectivity index (χ2n) is 9.12. The van der Waals surface area contributed by atoms with Crippen molar-refractivity contribution in [2.45, 2.75) is 57.0 Å². The van der Waals surface area contributed by atoms with Crippen LogP contribution in [-0.2, 0) is 9.59 Å². The van der Waals surface area contributed by atoms with Crippen molar-refractivity contribution in [2.75, 3.05) is 5.32 Å². The number of rotatable bonds is 4. The Morgan fingerprint density at radius 3 is 2.39 bits per heavy atom. The Labute approximate surface area is 164 Å². The van der Waals surface area contributed by atoms with Crippen molar-refractivity contribution in [3.05, 3.63) is 29.8 Å². The van der Waals surface area contributed by atoms with Gasteiger partial charge in [0.05, 0.1) is 11.3 Å². The molecule has 0 unspecified atom stereocenters. The molecule has 5 aliphatic rings. The molecule has 6 heteroatoms. The predicted molar refractivity (Wildman–Crippen MR) is 105 cm³/mol. The molecule has 3 amide bonds. The zero-order chi connectivity index (χ0) is 19.3. The van der Waals surface area contributed by atoms with Crippen LogP contribution in [0.2, 0.25) is 0 Å². The van der Waals surface area contributed by atoms with E-state index in [9.17, 15) is 14.4 Å². The molecule has 148 valence electrons. The lowest BCUT2D eigenvalue weighted by Gasteiger charge is -2.54. The molecule has 1 aromatic rings. The molecule has 0 saturated heterocycles. The third-order valence-electron chi connectivity index (χ3n) is 7.27. The maximum Gasteiger partial charge on any atom is 0.254 e. The lowest BCUT2D eigenvalue weighted by atomic mass is 9.54. The van der Waals surface area contributed by atoms with E-state index < -0.39 is 6.04 Å². The fourth-order valence-corrected chi connectivity index (χ4v) is 6.21. The summed E-state index contributed by atoms with van der Waals surface area (Å²) in [5.41, 5.74) is 0.974. The molecular formula is C22H27N3O3. The fraction of sp³-hybridized carbons (Fsp3) is 0.591. The van der Waals surface area contributed by atoms with Crippen LogP contribution in [-0.4, -0.2) is 29.8 Å². The van der Waals surface area contributed by atoms with Crippen LogP contribution >= 0.6 is 0 Å². The molecule has 0 spiro atoms. The monoisotopic (exact) mass is 381 g/mol. The molecule has 0 radical (unpaired) electrons. The summed E-state index contributed by atoms with van der Waals surface area (Å²) in [6.07, 6.45) is 7.00. The van der Waals surface area contributed by atoms with E-state index in [0.29, 0.717) is 35.5 Å². The second-order valence-corrected chi connectivity index (χ2v) is 9.12. The molecule has 4 bridgehead atoms. The lowest BCUT2D eigenvalue weighted by Crippen LogP contribution is -2.56. The van der Waals surface area contributed by atoms with Gasteiger partial charge in [0.2, 0.25) is 11.8 Å². The summed E-state index contributed by atoms with van der Waals surface area (Å²) in [5.74, 6) is 2.48. The Hall–Kier alpha value is -2.37. The maximum atomic E-state index is 12.6. The highest BCUT2D eigenvalue weighted by Gasteiger charge is 2.48. The van der Waals surface area contributed by atoms with E-state index in [-0.39, 0.29) is 24.1 Å². The third-order valence-corrected chi connectivity index (χ3v) is 7.27. The largest absolute Gasteiger partial charge is 0.353 e. The molecular weight excluding hydrogens is 354 g/mol. The van der Waals surface area contributed by atoms with Gasteiger partial charge in [0, 0.05) is 12.5 Å². The van der Waals surface area contributed by atoms with E-state index in [1.165, 1.54) is 32.1 Å². The number of anilines is 1. The highest BCUT2D eigenvalue weighted by Crippen LogP contribution is 2.53. The first kappa shape index (κ1) is 17.7. The number of carbonyl (C=O) groups excluding carboxylic acids is 3. The third kappa shape index (κ3) is 3.19. The van der Waals surface area contributed by atoms with Gasteiger partial charge in [-0.05, 0) is 74.3 Å². The van der Waals surface area contributed by atoms with Gasteiger partial charge in [0.15, 0.2) is 0 Å². The minimum atomic E-state index is -0.691. The summed E-state index contributed by atoms with van der Waals surface area (Å²) >= 11 is 0. The molecule has 1 atom stereocenters. The first-order valence-corrected chi connectivity index (χ1v) is 10.6. The van der Waals surface area contributed by atoms with Crippen molar-refractivity contribution in [3.63, 3.8) is 0 Å². The molecule has 4 aliphatic carbocycles. The molecule has 4 saturated carbocycles. The van der Waals surface area contributed by atoms with Crippen LogP contribution in [0.3, 0.4) is 0 Å². The van der Waals surface area contributed by atoms with Gasteiger partial charge in [0.1, 0.15) is 6.04 Å². The summed E-state index contributed by atoms with van der Waals surface area (Å²) in [6, 6.07) is 6.57. The maximum absolute atomic E-state index is 12.6. The SMILES string of the molecule is O=C(CC[C@@H]1NC(=O)c2ccccc2NC1=O)NC1C2CC3CC(C2)CC1C3. The summed E-state index contributed by atoms with van der Waals surface area (Å²) in [7, 11) is 0. The van der Waals surface area contributed by atoms with Gasteiger partial charge in [-0.1, -0.05) is 12.1 Å². The second kappa shape index (κ2) is 6.90. The molecule has 6 rings (SSSR count). The van der Waals surface area contributed by atoms with E-state index >= 15 is 0 Å². The lowest BCUT2D eigenvalue weighted by molar-refractivity contribution is -0.125. The topological polar surface area (TPSA) is 87.3 Å². The van der Waals surface area contributed by atoms with Crippen LogP contribution in [0.25, 0.3) is 0 Å². The van der Waals surface area contributed by atoms with E-state index in [1.807, 2.05) is 0 Å². The Balaban J connectivity index is 1.18. The van der Waals surface area contributed by atoms with Crippen LogP contribution in [0.1, 0.15) is 55.3 Å². The highest BCUT2D eigenvalue weighted by molar-refractivity contribution is 6.09. The molecule has 1 aliphatic heterocycles. The molecule has 3 N–H and O–H groups in total. The van der Waals surface area contributed by atoms with Gasteiger partial charge in [-0.25, -0.2) is 0 Å². The molecule has 4 fully saturated rings. The number of fused-ring (bicyclic) bond motifs is 1. The normalized spacial score (nSPS) is 35.6. The fourth-order valence-electron chi connectivity index (χ4n) is 6.21. The zero-order valence-electron chi connectivity index (χ0n) is 15.9. The van der Waals surface area contributed by atoms with Crippen molar-refractivity contribution < 1.29 is 14.4 Å². The van der Waals surface area contributed by atoms with E-state index in [4.69, 9.17) is 0 Å². The number of nitrogens with one attached hydrogen (secondary N) is 3. The number of hydrogen-bond donors (Lipinski definition) is 3. The van der Waals surface area contributed by atoms with Crippen molar-refractivity contribution >= 4 is 23.4 Å². The number of carbonyl (C=O) groups is 3. The van der Waals surface area contributed by atoms with E-state index in [0.717, 1.165) is 11.8 Å². The molecule has 6 nitrogen and oxygen atoms in total. The van der Waals surface area contributed by atoms with Gasteiger partial charge in [-0.2, -0.15) is 0 Å². The van der Waals surface area contributed by atoms with Gasteiger partial charge < -0.3 is 16.0 Å². The van der Waals surface area contributed by atoms with Crippen molar-refractivity contribution in [2.24, 2.45) is 23.7 Å². The van der Waals surface area contributed by atoms with E-state index in [1.54, 1.807) is 24.3 Å². The highest BCUT2D eigenvalue weighted by atomic mass is 16.2.